The predicted molar refractivity (Wildman–Crippen MR) is 87.6 cm³/mol. The van der Waals surface area contributed by atoms with Gasteiger partial charge in [0.2, 0.25) is 5.91 Å². The lowest BCUT2D eigenvalue weighted by molar-refractivity contribution is -0.116. The maximum atomic E-state index is 11.9. The van der Waals surface area contributed by atoms with Gasteiger partial charge in [0.15, 0.2) is 0 Å². The Morgan fingerprint density at radius 2 is 1.80 bits per heavy atom. The first-order valence-electron chi connectivity index (χ1n) is 6.04. The molecule has 2 aromatic rings. The van der Waals surface area contributed by atoms with Crippen molar-refractivity contribution in [2.75, 3.05) is 5.32 Å². The molecule has 0 aliphatic heterocycles. The van der Waals surface area contributed by atoms with Crippen LogP contribution in [0.1, 0.15) is 12.0 Å². The number of benzene rings is 2. The fraction of sp³-hybridized carbons (Fsp3) is 0.133. The summed E-state index contributed by atoms with van der Waals surface area (Å²) in [6.45, 7) is 0. The normalized spacial score (nSPS) is 10.3. The van der Waals surface area contributed by atoms with Gasteiger partial charge in [0.05, 0.1) is 0 Å². The van der Waals surface area contributed by atoms with Gasteiger partial charge in [-0.25, -0.2) is 0 Å². The van der Waals surface area contributed by atoms with Crippen LogP contribution in [0.25, 0.3) is 0 Å². The summed E-state index contributed by atoms with van der Waals surface area (Å²) in [4.78, 5) is 11.9. The fourth-order valence-electron chi connectivity index (χ4n) is 1.73. The molecule has 0 spiro atoms. The summed E-state index contributed by atoms with van der Waals surface area (Å²) in [6.07, 6.45) is 0.954. The number of rotatable bonds is 4. The van der Waals surface area contributed by atoms with Crippen LogP contribution in [0.2, 0.25) is 10.0 Å². The maximum absolute atomic E-state index is 11.9. The van der Waals surface area contributed by atoms with Gasteiger partial charge in [-0.1, -0.05) is 45.2 Å². The number of halogens is 3. The van der Waals surface area contributed by atoms with E-state index in [1.54, 1.807) is 12.1 Å². The molecule has 0 saturated carbocycles. The zero-order chi connectivity index (χ0) is 14.5. The Hall–Kier alpha value is -1.03. The van der Waals surface area contributed by atoms with Crippen molar-refractivity contribution in [2.24, 2.45) is 0 Å². The Kier molecular flexibility index (Phi) is 5.46. The third kappa shape index (κ3) is 4.51. The van der Waals surface area contributed by atoms with Crippen LogP contribution in [0.3, 0.4) is 0 Å². The minimum Gasteiger partial charge on any atom is -0.326 e. The molecule has 0 aromatic heterocycles. The molecule has 0 saturated heterocycles. The molecule has 0 fully saturated rings. The van der Waals surface area contributed by atoms with Gasteiger partial charge in [-0.05, 0) is 48.4 Å². The van der Waals surface area contributed by atoms with Crippen molar-refractivity contribution in [3.63, 3.8) is 0 Å². The topological polar surface area (TPSA) is 29.1 Å². The van der Waals surface area contributed by atoms with Crippen LogP contribution in [0.15, 0.2) is 46.9 Å². The molecule has 0 aliphatic carbocycles. The van der Waals surface area contributed by atoms with Gasteiger partial charge in [-0.15, -0.1) is 0 Å². The molecule has 1 N–H and O–H groups in total. The van der Waals surface area contributed by atoms with Gasteiger partial charge in [-0.3, -0.25) is 4.79 Å². The molecule has 104 valence electrons. The minimum absolute atomic E-state index is 0.0432. The van der Waals surface area contributed by atoms with E-state index in [1.807, 2.05) is 30.3 Å². The molecular weight excluding hydrogens is 361 g/mol. The molecule has 2 rings (SSSR count). The molecule has 0 bridgehead atoms. The highest BCUT2D eigenvalue weighted by Crippen LogP contribution is 2.22. The molecule has 20 heavy (non-hydrogen) atoms. The summed E-state index contributed by atoms with van der Waals surface area (Å²) in [5.41, 5.74) is 1.70. The quantitative estimate of drug-likeness (QED) is 0.772. The van der Waals surface area contributed by atoms with E-state index in [0.29, 0.717) is 22.9 Å². The van der Waals surface area contributed by atoms with Crippen molar-refractivity contribution >= 4 is 50.7 Å². The molecule has 0 aliphatic rings. The molecule has 0 radical (unpaired) electrons. The molecular formula is C15H12BrCl2NO. The lowest BCUT2D eigenvalue weighted by Gasteiger charge is -2.07. The number of carbonyl (C=O) groups excluding carboxylic acids is 1. The first kappa shape index (κ1) is 15.4. The zero-order valence-electron chi connectivity index (χ0n) is 10.5. The molecule has 2 aromatic carbocycles. The third-order valence-corrected chi connectivity index (χ3v) is 3.88. The van der Waals surface area contributed by atoms with Crippen molar-refractivity contribution in [1.82, 2.24) is 0 Å². The number of hydrogen-bond donors (Lipinski definition) is 1. The lowest BCUT2D eigenvalue weighted by atomic mass is 10.1. The maximum Gasteiger partial charge on any atom is 0.224 e. The monoisotopic (exact) mass is 371 g/mol. The second-order valence-electron chi connectivity index (χ2n) is 4.29. The van der Waals surface area contributed by atoms with Crippen molar-refractivity contribution in [3.05, 3.63) is 62.5 Å². The summed E-state index contributed by atoms with van der Waals surface area (Å²) in [5.74, 6) is -0.0432. The Labute approximate surface area is 136 Å². The van der Waals surface area contributed by atoms with Crippen molar-refractivity contribution < 1.29 is 4.79 Å². The van der Waals surface area contributed by atoms with E-state index in [0.717, 1.165) is 15.7 Å². The number of anilines is 1. The summed E-state index contributed by atoms with van der Waals surface area (Å²) in [5, 5.41) is 4.03. The molecule has 2 nitrogen and oxygen atoms in total. The molecule has 0 heterocycles. The number of amides is 1. The van der Waals surface area contributed by atoms with E-state index in [-0.39, 0.29) is 5.91 Å². The van der Waals surface area contributed by atoms with Crippen molar-refractivity contribution in [3.8, 4) is 0 Å². The first-order valence-corrected chi connectivity index (χ1v) is 7.59. The van der Waals surface area contributed by atoms with E-state index in [1.165, 1.54) is 0 Å². The zero-order valence-corrected chi connectivity index (χ0v) is 13.6. The SMILES string of the molecule is O=C(CCc1ccc(Cl)cc1Cl)Nc1ccc(Br)cc1. The van der Waals surface area contributed by atoms with Gasteiger partial charge in [0, 0.05) is 26.6 Å². The highest BCUT2D eigenvalue weighted by Gasteiger charge is 2.06. The Balaban J connectivity index is 1.90. The smallest absolute Gasteiger partial charge is 0.224 e. The minimum atomic E-state index is -0.0432. The van der Waals surface area contributed by atoms with Gasteiger partial charge in [0.25, 0.3) is 0 Å². The second kappa shape index (κ2) is 7.11. The third-order valence-electron chi connectivity index (χ3n) is 2.76. The van der Waals surface area contributed by atoms with Crippen LogP contribution in [0.4, 0.5) is 5.69 Å². The van der Waals surface area contributed by atoms with Crippen LogP contribution in [0, 0.1) is 0 Å². The summed E-state index contributed by atoms with van der Waals surface area (Å²) < 4.78 is 0.975. The van der Waals surface area contributed by atoms with Crippen LogP contribution < -0.4 is 5.32 Å². The number of nitrogens with one attached hydrogen (secondary N) is 1. The van der Waals surface area contributed by atoms with Gasteiger partial charge in [-0.2, -0.15) is 0 Å². The van der Waals surface area contributed by atoms with E-state index in [2.05, 4.69) is 21.2 Å². The van der Waals surface area contributed by atoms with Gasteiger partial charge >= 0.3 is 0 Å². The average Bonchev–Trinajstić information content (AvgIpc) is 2.40. The van der Waals surface area contributed by atoms with Crippen LogP contribution >= 0.6 is 39.1 Å². The van der Waals surface area contributed by atoms with Gasteiger partial charge in [0.1, 0.15) is 0 Å². The number of carbonyl (C=O) groups is 1. The number of hydrogen-bond acceptors (Lipinski definition) is 1. The first-order chi connectivity index (χ1) is 9.54. The van der Waals surface area contributed by atoms with Crippen LogP contribution in [-0.2, 0) is 11.2 Å². The second-order valence-corrected chi connectivity index (χ2v) is 6.05. The Morgan fingerprint density at radius 1 is 1.10 bits per heavy atom. The van der Waals surface area contributed by atoms with E-state index in [4.69, 9.17) is 23.2 Å². The fourth-order valence-corrected chi connectivity index (χ4v) is 2.50. The summed E-state index contributed by atoms with van der Waals surface area (Å²) in [6, 6.07) is 12.8. The average molecular weight is 373 g/mol. The highest BCUT2D eigenvalue weighted by atomic mass is 79.9. The Bertz CT molecular complexity index is 614. The van der Waals surface area contributed by atoms with Crippen molar-refractivity contribution in [2.45, 2.75) is 12.8 Å². The summed E-state index contributed by atoms with van der Waals surface area (Å²) >= 11 is 15.2. The summed E-state index contributed by atoms with van der Waals surface area (Å²) in [7, 11) is 0. The Morgan fingerprint density at radius 3 is 2.45 bits per heavy atom. The lowest BCUT2D eigenvalue weighted by Crippen LogP contribution is -2.12. The van der Waals surface area contributed by atoms with E-state index >= 15 is 0 Å². The van der Waals surface area contributed by atoms with Crippen molar-refractivity contribution in [1.29, 1.82) is 0 Å². The van der Waals surface area contributed by atoms with Crippen LogP contribution in [-0.4, -0.2) is 5.91 Å². The molecule has 1 amide bonds. The van der Waals surface area contributed by atoms with E-state index in [9.17, 15) is 4.79 Å². The molecule has 0 atom stereocenters. The van der Waals surface area contributed by atoms with E-state index < -0.39 is 0 Å². The molecule has 5 heteroatoms. The number of aryl methyl sites for hydroxylation is 1. The predicted octanol–water partition coefficient (Wildman–Crippen LogP) is 5.33. The highest BCUT2D eigenvalue weighted by molar-refractivity contribution is 9.10. The molecule has 0 unspecified atom stereocenters. The largest absolute Gasteiger partial charge is 0.326 e. The standard InChI is InChI=1S/C15H12BrCl2NO/c16-11-3-6-13(7-4-11)19-15(20)8-2-10-1-5-12(17)9-14(10)18/h1,3-7,9H,2,8H2,(H,19,20). The van der Waals surface area contributed by atoms with Gasteiger partial charge < -0.3 is 5.32 Å². The van der Waals surface area contributed by atoms with Crippen LogP contribution in [0.5, 0.6) is 0 Å².